The summed E-state index contributed by atoms with van der Waals surface area (Å²) in [6.45, 7) is 5.68. The Kier molecular flexibility index (Phi) is 5.36. The fourth-order valence-electron chi connectivity index (χ4n) is 3.52. The molecule has 0 unspecified atom stereocenters. The van der Waals surface area contributed by atoms with Gasteiger partial charge in [-0.25, -0.2) is 9.67 Å². The zero-order valence-corrected chi connectivity index (χ0v) is 18.4. The molecule has 2 amide bonds. The molecule has 0 spiro atoms. The van der Waals surface area contributed by atoms with E-state index in [-0.39, 0.29) is 17.0 Å². The Morgan fingerprint density at radius 1 is 1.13 bits per heavy atom. The van der Waals surface area contributed by atoms with Gasteiger partial charge in [-0.3, -0.25) is 9.59 Å². The number of nitrogens with one attached hydrogen (secondary N) is 1. The van der Waals surface area contributed by atoms with E-state index in [1.807, 2.05) is 0 Å². The SMILES string of the molecule is CC1(C)CN(C(=O)c2ccc(Nc3cn(-c4c(Cl)cccc4Cl)nc3C(N)=O)nc2)C1. The third-order valence-electron chi connectivity index (χ3n) is 4.91. The zero-order valence-electron chi connectivity index (χ0n) is 16.9. The fraction of sp³-hybridized carbons (Fsp3) is 0.238. The topological polar surface area (TPSA) is 106 Å². The Hall–Kier alpha value is -3.10. The van der Waals surface area contributed by atoms with Crippen LogP contribution in [0.15, 0.2) is 42.7 Å². The lowest BCUT2D eigenvalue weighted by molar-refractivity contribution is 0.0236. The first-order chi connectivity index (χ1) is 14.6. The summed E-state index contributed by atoms with van der Waals surface area (Å²) in [6, 6.07) is 8.38. The number of halogens is 2. The molecule has 1 saturated heterocycles. The first-order valence-electron chi connectivity index (χ1n) is 9.51. The molecule has 160 valence electrons. The maximum Gasteiger partial charge on any atom is 0.271 e. The Bertz CT molecular complexity index is 1140. The number of hydrogen-bond acceptors (Lipinski definition) is 5. The van der Waals surface area contributed by atoms with Crippen LogP contribution in [0.5, 0.6) is 0 Å². The summed E-state index contributed by atoms with van der Waals surface area (Å²) in [4.78, 5) is 30.5. The fourth-order valence-corrected chi connectivity index (χ4v) is 4.09. The van der Waals surface area contributed by atoms with E-state index in [2.05, 4.69) is 29.2 Å². The van der Waals surface area contributed by atoms with Crippen molar-refractivity contribution in [3.8, 4) is 5.69 Å². The van der Waals surface area contributed by atoms with Gasteiger partial charge in [-0.2, -0.15) is 5.10 Å². The number of aromatic nitrogens is 3. The molecule has 1 aliphatic heterocycles. The minimum Gasteiger partial charge on any atom is -0.364 e. The average molecular weight is 459 g/mol. The van der Waals surface area contributed by atoms with Crippen molar-refractivity contribution >= 4 is 46.5 Å². The van der Waals surface area contributed by atoms with Crippen molar-refractivity contribution in [2.45, 2.75) is 13.8 Å². The van der Waals surface area contributed by atoms with Crippen LogP contribution >= 0.6 is 23.2 Å². The molecule has 3 heterocycles. The van der Waals surface area contributed by atoms with Crippen molar-refractivity contribution in [1.29, 1.82) is 0 Å². The second-order valence-corrected chi connectivity index (χ2v) is 8.97. The molecule has 31 heavy (non-hydrogen) atoms. The summed E-state index contributed by atoms with van der Waals surface area (Å²) in [5.41, 5.74) is 6.89. The lowest BCUT2D eigenvalue weighted by Gasteiger charge is -2.45. The van der Waals surface area contributed by atoms with Crippen LogP contribution in [0.25, 0.3) is 5.69 Å². The molecule has 4 rings (SSSR count). The first-order valence-corrected chi connectivity index (χ1v) is 10.3. The van der Waals surface area contributed by atoms with Gasteiger partial charge in [0.2, 0.25) is 0 Å². The largest absolute Gasteiger partial charge is 0.364 e. The average Bonchev–Trinajstić information content (AvgIpc) is 3.09. The van der Waals surface area contributed by atoms with Crippen LogP contribution in [-0.2, 0) is 0 Å². The summed E-state index contributed by atoms with van der Waals surface area (Å²) in [7, 11) is 0. The van der Waals surface area contributed by atoms with Gasteiger partial charge in [0.25, 0.3) is 11.8 Å². The number of para-hydroxylation sites is 1. The lowest BCUT2D eigenvalue weighted by Crippen LogP contribution is -2.55. The normalized spacial score (nSPS) is 14.8. The monoisotopic (exact) mass is 458 g/mol. The molecular formula is C21H20Cl2N6O2. The number of rotatable bonds is 5. The first kappa shape index (κ1) is 21.1. The van der Waals surface area contributed by atoms with E-state index in [4.69, 9.17) is 28.9 Å². The molecule has 0 bridgehead atoms. The highest BCUT2D eigenvalue weighted by Gasteiger charge is 2.37. The Labute approximate surface area is 189 Å². The van der Waals surface area contributed by atoms with Gasteiger partial charge in [0.1, 0.15) is 11.5 Å². The number of pyridine rings is 1. The standard InChI is InChI=1S/C21H20Cl2N6O2/c1-21(2)10-28(11-21)20(31)12-6-7-16(25-8-12)26-15-9-29(27-17(15)19(24)30)18-13(22)4-3-5-14(18)23/h3-9H,10-11H2,1-2H3,(H2,24,30)(H,25,26). The molecule has 1 aliphatic rings. The van der Waals surface area contributed by atoms with Gasteiger partial charge in [-0.1, -0.05) is 43.1 Å². The van der Waals surface area contributed by atoms with Crippen LogP contribution in [-0.4, -0.2) is 44.6 Å². The number of likely N-dealkylation sites (tertiary alicyclic amines) is 1. The quantitative estimate of drug-likeness (QED) is 0.602. The molecule has 2 aromatic heterocycles. The highest BCUT2D eigenvalue weighted by molar-refractivity contribution is 6.37. The number of amides is 2. The molecule has 1 fully saturated rings. The minimum absolute atomic E-state index is 0.000694. The number of nitrogens with zero attached hydrogens (tertiary/aromatic N) is 4. The predicted molar refractivity (Wildman–Crippen MR) is 119 cm³/mol. The van der Waals surface area contributed by atoms with Crippen LogP contribution in [0.2, 0.25) is 10.0 Å². The molecule has 0 saturated carbocycles. The van der Waals surface area contributed by atoms with E-state index >= 15 is 0 Å². The zero-order chi connectivity index (χ0) is 22.3. The lowest BCUT2D eigenvalue weighted by atomic mass is 9.84. The summed E-state index contributed by atoms with van der Waals surface area (Å²) >= 11 is 12.5. The summed E-state index contributed by atoms with van der Waals surface area (Å²) in [5.74, 6) is -0.359. The van der Waals surface area contributed by atoms with Gasteiger partial charge in [0, 0.05) is 19.3 Å². The second-order valence-electron chi connectivity index (χ2n) is 8.15. The number of anilines is 2. The van der Waals surface area contributed by atoms with Crippen molar-refractivity contribution in [2.75, 3.05) is 18.4 Å². The van der Waals surface area contributed by atoms with Crippen LogP contribution in [0, 0.1) is 5.41 Å². The van der Waals surface area contributed by atoms with Crippen molar-refractivity contribution < 1.29 is 9.59 Å². The van der Waals surface area contributed by atoms with E-state index in [1.165, 1.54) is 10.9 Å². The van der Waals surface area contributed by atoms with Crippen LogP contribution in [0.3, 0.4) is 0 Å². The number of primary amides is 1. The maximum atomic E-state index is 12.5. The summed E-state index contributed by atoms with van der Waals surface area (Å²) in [5, 5.41) is 7.97. The van der Waals surface area contributed by atoms with E-state index in [0.717, 1.165) is 13.1 Å². The molecular weight excluding hydrogens is 439 g/mol. The van der Waals surface area contributed by atoms with E-state index in [9.17, 15) is 9.59 Å². The number of benzene rings is 1. The number of nitrogens with two attached hydrogens (primary N) is 1. The molecule has 10 heteroatoms. The van der Waals surface area contributed by atoms with Gasteiger partial charge < -0.3 is 16.0 Å². The Balaban J connectivity index is 1.57. The van der Waals surface area contributed by atoms with E-state index < -0.39 is 5.91 Å². The third kappa shape index (κ3) is 4.22. The molecule has 0 atom stereocenters. The number of carbonyl (C=O) groups excluding carboxylic acids is 2. The van der Waals surface area contributed by atoms with Gasteiger partial charge in [-0.15, -0.1) is 0 Å². The number of carbonyl (C=O) groups is 2. The van der Waals surface area contributed by atoms with Crippen molar-refractivity contribution in [3.05, 3.63) is 64.0 Å². The molecule has 1 aromatic carbocycles. The predicted octanol–water partition coefficient (Wildman–Crippen LogP) is 3.90. The summed E-state index contributed by atoms with van der Waals surface area (Å²) in [6.07, 6.45) is 3.05. The highest BCUT2D eigenvalue weighted by Crippen LogP contribution is 2.31. The number of hydrogen-bond donors (Lipinski definition) is 2. The van der Waals surface area contributed by atoms with Gasteiger partial charge in [0.15, 0.2) is 5.69 Å². The van der Waals surface area contributed by atoms with Crippen molar-refractivity contribution in [1.82, 2.24) is 19.7 Å². The highest BCUT2D eigenvalue weighted by atomic mass is 35.5. The Morgan fingerprint density at radius 3 is 2.35 bits per heavy atom. The summed E-state index contributed by atoms with van der Waals surface area (Å²) < 4.78 is 1.39. The smallest absolute Gasteiger partial charge is 0.271 e. The maximum absolute atomic E-state index is 12.5. The van der Waals surface area contributed by atoms with Crippen molar-refractivity contribution in [2.24, 2.45) is 11.1 Å². The molecule has 3 N–H and O–H groups in total. The minimum atomic E-state index is -0.725. The van der Waals surface area contributed by atoms with E-state index in [1.54, 1.807) is 41.4 Å². The van der Waals surface area contributed by atoms with Gasteiger partial charge in [-0.05, 0) is 29.7 Å². The molecule has 3 aromatic rings. The van der Waals surface area contributed by atoms with Crippen LogP contribution in [0.1, 0.15) is 34.7 Å². The van der Waals surface area contributed by atoms with Crippen molar-refractivity contribution in [3.63, 3.8) is 0 Å². The molecule has 0 radical (unpaired) electrons. The van der Waals surface area contributed by atoms with Crippen LogP contribution < -0.4 is 11.1 Å². The van der Waals surface area contributed by atoms with E-state index in [0.29, 0.717) is 32.8 Å². The van der Waals surface area contributed by atoms with Crippen LogP contribution in [0.4, 0.5) is 11.5 Å². The third-order valence-corrected chi connectivity index (χ3v) is 5.52. The Morgan fingerprint density at radius 2 is 1.81 bits per heavy atom. The second kappa shape index (κ2) is 7.86. The molecule has 0 aliphatic carbocycles. The van der Waals surface area contributed by atoms with Gasteiger partial charge >= 0.3 is 0 Å². The van der Waals surface area contributed by atoms with Gasteiger partial charge in [0.05, 0.1) is 27.5 Å². The molecule has 8 nitrogen and oxygen atoms in total.